The molecular formula is C30H32N2O6. The molecule has 38 heavy (non-hydrogen) atoms. The lowest BCUT2D eigenvalue weighted by molar-refractivity contribution is -0.132. The van der Waals surface area contributed by atoms with Gasteiger partial charge in [0.1, 0.15) is 18.1 Å². The molecule has 0 spiro atoms. The van der Waals surface area contributed by atoms with Crippen LogP contribution in [0.4, 0.5) is 5.69 Å². The monoisotopic (exact) mass is 516 g/mol. The summed E-state index contributed by atoms with van der Waals surface area (Å²) in [5, 5.41) is 3.16. The number of nitrogens with zero attached hydrogens (tertiary/aromatic N) is 1. The minimum atomic E-state index is -1.08. The number of carbonyl (C=O) groups is 3. The van der Waals surface area contributed by atoms with Crippen molar-refractivity contribution in [3.8, 4) is 11.5 Å². The van der Waals surface area contributed by atoms with Crippen molar-refractivity contribution in [1.82, 2.24) is 5.32 Å². The van der Waals surface area contributed by atoms with Gasteiger partial charge in [-0.3, -0.25) is 19.3 Å². The summed E-state index contributed by atoms with van der Waals surface area (Å²) in [6.07, 6.45) is 4.06. The topological polar surface area (TPSA) is 98.1 Å². The van der Waals surface area contributed by atoms with Gasteiger partial charge in [0.05, 0.1) is 0 Å². The number of nitrogens with one attached hydrogen (secondary N) is 1. The van der Waals surface area contributed by atoms with E-state index in [1.54, 1.807) is 61.5 Å². The van der Waals surface area contributed by atoms with Gasteiger partial charge in [-0.05, 0) is 75.2 Å². The highest BCUT2D eigenvalue weighted by Crippen LogP contribution is 2.35. The van der Waals surface area contributed by atoms with E-state index in [4.69, 9.17) is 13.9 Å². The zero-order chi connectivity index (χ0) is 26.6. The average Bonchev–Trinajstić information content (AvgIpc) is 3.37. The van der Waals surface area contributed by atoms with Gasteiger partial charge in [-0.25, -0.2) is 0 Å². The molecule has 198 valence electrons. The molecule has 1 aromatic heterocycles. The number of furan rings is 1. The Kier molecular flexibility index (Phi) is 7.49. The number of Topliss-reactive ketones (excluding diaryl/α,β-unsaturated/α-hetero) is 1. The van der Waals surface area contributed by atoms with Crippen molar-refractivity contribution in [2.45, 2.75) is 64.1 Å². The van der Waals surface area contributed by atoms with E-state index in [9.17, 15) is 14.4 Å². The molecule has 8 heteroatoms. The standard InChI is InChI=1S/C30H32N2O6/c1-19-12-17-26(37-19)28(29(34)31-22-8-4-3-5-9-22)32(23-15-13-21(14-16-23)20(2)33)30(35)27-18-36-24-10-6-7-11-25(24)38-27/h6-7,10-17,22,27-28H,3-5,8-9,18H2,1-2H3,(H,31,34)/t27-,28-/m0/s1. The Morgan fingerprint density at radius 3 is 2.29 bits per heavy atom. The fraction of sp³-hybridized carbons (Fsp3) is 0.367. The van der Waals surface area contributed by atoms with Crippen LogP contribution in [0.3, 0.4) is 0 Å². The van der Waals surface area contributed by atoms with E-state index in [1.807, 2.05) is 6.07 Å². The molecule has 1 saturated carbocycles. The van der Waals surface area contributed by atoms with Crippen molar-refractivity contribution < 1.29 is 28.3 Å². The van der Waals surface area contributed by atoms with Crippen LogP contribution in [0.15, 0.2) is 65.1 Å². The van der Waals surface area contributed by atoms with Crippen LogP contribution in [0.5, 0.6) is 11.5 Å². The van der Waals surface area contributed by atoms with Crippen LogP contribution in [-0.2, 0) is 9.59 Å². The molecule has 0 unspecified atom stereocenters. The smallest absolute Gasteiger partial charge is 0.272 e. The van der Waals surface area contributed by atoms with Gasteiger partial charge < -0.3 is 19.2 Å². The van der Waals surface area contributed by atoms with Crippen molar-refractivity contribution in [3.05, 3.63) is 77.7 Å². The van der Waals surface area contributed by atoms with Gasteiger partial charge in [-0.1, -0.05) is 31.4 Å². The first-order chi connectivity index (χ1) is 18.4. The quantitative estimate of drug-likeness (QED) is 0.436. The third-order valence-corrected chi connectivity index (χ3v) is 7.06. The van der Waals surface area contributed by atoms with E-state index < -0.39 is 18.1 Å². The number of fused-ring (bicyclic) bond motifs is 1. The second-order valence-electron chi connectivity index (χ2n) is 9.87. The maximum absolute atomic E-state index is 14.2. The van der Waals surface area contributed by atoms with Crippen molar-refractivity contribution in [1.29, 1.82) is 0 Å². The first-order valence-corrected chi connectivity index (χ1v) is 13.1. The van der Waals surface area contributed by atoms with Crippen LogP contribution in [0, 0.1) is 6.92 Å². The van der Waals surface area contributed by atoms with E-state index in [2.05, 4.69) is 5.32 Å². The first-order valence-electron chi connectivity index (χ1n) is 13.1. The summed E-state index contributed by atoms with van der Waals surface area (Å²) < 4.78 is 17.8. The minimum Gasteiger partial charge on any atom is -0.485 e. The number of amides is 2. The number of rotatable bonds is 7. The van der Waals surface area contributed by atoms with Crippen molar-refractivity contribution in [3.63, 3.8) is 0 Å². The van der Waals surface area contributed by atoms with Gasteiger partial charge >= 0.3 is 0 Å². The second-order valence-corrected chi connectivity index (χ2v) is 9.87. The molecule has 8 nitrogen and oxygen atoms in total. The number of aryl methyl sites for hydroxylation is 1. The zero-order valence-electron chi connectivity index (χ0n) is 21.6. The molecule has 1 aliphatic carbocycles. The number of benzene rings is 2. The SMILES string of the molecule is CC(=O)c1ccc(N(C(=O)[C@@H]2COc3ccccc3O2)[C@H](C(=O)NC2CCCCC2)c2ccc(C)o2)cc1. The normalized spacial score (nSPS) is 17.9. The number of hydrogen-bond donors (Lipinski definition) is 1. The first kappa shape index (κ1) is 25.6. The Hall–Kier alpha value is -4.07. The van der Waals surface area contributed by atoms with E-state index in [0.717, 1.165) is 32.1 Å². The molecule has 0 bridgehead atoms. The number of hydrogen-bond acceptors (Lipinski definition) is 6. The summed E-state index contributed by atoms with van der Waals surface area (Å²) in [5.74, 6) is 1.12. The molecular weight excluding hydrogens is 484 g/mol. The van der Waals surface area contributed by atoms with Gasteiger partial charge in [0.15, 0.2) is 23.3 Å². The van der Waals surface area contributed by atoms with Crippen LogP contribution in [-0.4, -0.2) is 36.4 Å². The van der Waals surface area contributed by atoms with Gasteiger partial charge in [-0.2, -0.15) is 0 Å². The molecule has 5 rings (SSSR count). The van der Waals surface area contributed by atoms with Crippen LogP contribution in [0.1, 0.15) is 66.9 Å². The van der Waals surface area contributed by atoms with Gasteiger partial charge in [0.25, 0.3) is 11.8 Å². The summed E-state index contributed by atoms with van der Waals surface area (Å²) in [6.45, 7) is 3.27. The highest BCUT2D eigenvalue weighted by molar-refractivity contribution is 6.04. The Morgan fingerprint density at radius 1 is 0.921 bits per heavy atom. The Bertz CT molecular complexity index is 1310. The van der Waals surface area contributed by atoms with E-state index >= 15 is 0 Å². The third kappa shape index (κ3) is 5.44. The Labute approximate surface area is 221 Å². The van der Waals surface area contributed by atoms with Gasteiger partial charge in [-0.15, -0.1) is 0 Å². The minimum absolute atomic E-state index is 0.00791. The molecule has 2 aliphatic rings. The van der Waals surface area contributed by atoms with Crippen LogP contribution < -0.4 is 19.7 Å². The lowest BCUT2D eigenvalue weighted by Gasteiger charge is -2.35. The fourth-order valence-corrected chi connectivity index (χ4v) is 5.06. The highest BCUT2D eigenvalue weighted by Gasteiger charge is 2.41. The molecule has 3 aromatic rings. The summed E-state index contributed by atoms with van der Waals surface area (Å²) in [6, 6.07) is 16.2. The number of ether oxygens (including phenoxy) is 2. The molecule has 2 heterocycles. The number of ketones is 1. The lowest BCUT2D eigenvalue weighted by Crippen LogP contribution is -2.52. The number of para-hydroxylation sites is 2. The van der Waals surface area contributed by atoms with Crippen molar-refractivity contribution in [2.75, 3.05) is 11.5 Å². The molecule has 1 N–H and O–H groups in total. The molecule has 0 saturated heterocycles. The highest BCUT2D eigenvalue weighted by atomic mass is 16.6. The van der Waals surface area contributed by atoms with Crippen LogP contribution in [0.25, 0.3) is 0 Å². The van der Waals surface area contributed by atoms with E-state index in [1.165, 1.54) is 11.8 Å². The van der Waals surface area contributed by atoms with Crippen molar-refractivity contribution >= 4 is 23.3 Å². The molecule has 0 radical (unpaired) electrons. The van der Waals surface area contributed by atoms with E-state index in [-0.39, 0.29) is 24.3 Å². The molecule has 2 amide bonds. The Morgan fingerprint density at radius 2 is 1.63 bits per heavy atom. The van der Waals surface area contributed by atoms with Gasteiger partial charge in [0.2, 0.25) is 6.10 Å². The second kappa shape index (κ2) is 11.1. The summed E-state index contributed by atoms with van der Waals surface area (Å²) >= 11 is 0. The predicted octanol–water partition coefficient (Wildman–Crippen LogP) is 5.15. The third-order valence-electron chi connectivity index (χ3n) is 7.06. The van der Waals surface area contributed by atoms with Crippen molar-refractivity contribution in [2.24, 2.45) is 0 Å². The fourth-order valence-electron chi connectivity index (χ4n) is 5.06. The zero-order valence-corrected chi connectivity index (χ0v) is 21.6. The largest absolute Gasteiger partial charge is 0.485 e. The van der Waals surface area contributed by atoms with E-state index in [0.29, 0.717) is 34.3 Å². The lowest BCUT2D eigenvalue weighted by atomic mass is 9.95. The predicted molar refractivity (Wildman–Crippen MR) is 141 cm³/mol. The number of carbonyl (C=O) groups excluding carboxylic acids is 3. The van der Waals surface area contributed by atoms with Crippen LogP contribution in [0.2, 0.25) is 0 Å². The summed E-state index contributed by atoms with van der Waals surface area (Å²) in [4.78, 5) is 41.4. The number of anilines is 1. The summed E-state index contributed by atoms with van der Waals surface area (Å²) in [7, 11) is 0. The average molecular weight is 517 g/mol. The molecule has 2 atom stereocenters. The van der Waals surface area contributed by atoms with Crippen LogP contribution >= 0.6 is 0 Å². The van der Waals surface area contributed by atoms with Gasteiger partial charge in [0, 0.05) is 17.3 Å². The Balaban J connectivity index is 1.54. The summed E-state index contributed by atoms with van der Waals surface area (Å²) in [5.41, 5.74) is 0.949. The molecule has 1 aliphatic heterocycles. The molecule has 2 aromatic carbocycles. The maximum Gasteiger partial charge on any atom is 0.272 e. The molecule has 1 fully saturated rings. The maximum atomic E-state index is 14.2.